The van der Waals surface area contributed by atoms with Gasteiger partial charge in [-0.15, -0.1) is 11.3 Å². The number of piperazine rings is 1. The van der Waals surface area contributed by atoms with E-state index < -0.39 is 10.0 Å². The number of hydrogen-bond donors (Lipinski definition) is 0. The molecule has 1 aliphatic rings. The summed E-state index contributed by atoms with van der Waals surface area (Å²) in [5.74, 6) is 0.296. The Bertz CT molecular complexity index is 1100. The third-order valence-corrected chi connectivity index (χ3v) is 7.87. The molecule has 1 fully saturated rings. The molecule has 1 aliphatic heterocycles. The number of benzene rings is 2. The van der Waals surface area contributed by atoms with Crippen molar-refractivity contribution < 1.29 is 13.2 Å². The van der Waals surface area contributed by atoms with Crippen LogP contribution < -0.4 is 9.64 Å². The van der Waals surface area contributed by atoms with Crippen LogP contribution >= 0.6 is 22.9 Å². The molecule has 0 unspecified atom stereocenters. The summed E-state index contributed by atoms with van der Waals surface area (Å²) < 4.78 is 32.9. The minimum Gasteiger partial charge on any atom is -0.495 e. The second kappa shape index (κ2) is 8.31. The van der Waals surface area contributed by atoms with Crippen molar-refractivity contribution in [3.8, 4) is 17.0 Å². The highest BCUT2D eigenvalue weighted by molar-refractivity contribution is 7.89. The molecule has 9 heteroatoms. The molecule has 152 valence electrons. The van der Waals surface area contributed by atoms with Gasteiger partial charge in [0.15, 0.2) is 5.13 Å². The molecule has 4 rings (SSSR count). The first-order valence-corrected chi connectivity index (χ1v) is 11.8. The van der Waals surface area contributed by atoms with E-state index in [-0.39, 0.29) is 4.90 Å². The molecule has 29 heavy (non-hydrogen) atoms. The van der Waals surface area contributed by atoms with Crippen LogP contribution in [0.4, 0.5) is 5.13 Å². The smallest absolute Gasteiger partial charge is 0.246 e. The highest BCUT2D eigenvalue weighted by atomic mass is 35.5. The molecule has 0 saturated carbocycles. The molecule has 0 radical (unpaired) electrons. The van der Waals surface area contributed by atoms with Crippen LogP contribution in [0.5, 0.6) is 5.75 Å². The van der Waals surface area contributed by atoms with Crippen molar-refractivity contribution in [2.75, 3.05) is 38.2 Å². The molecule has 0 atom stereocenters. The first kappa shape index (κ1) is 20.2. The normalized spacial score (nSPS) is 15.4. The van der Waals surface area contributed by atoms with Gasteiger partial charge < -0.3 is 9.64 Å². The maximum atomic E-state index is 13.1. The fraction of sp³-hybridized carbons (Fsp3) is 0.250. The van der Waals surface area contributed by atoms with Crippen LogP contribution in [0.2, 0.25) is 5.02 Å². The number of methoxy groups -OCH3 is 1. The molecule has 3 aromatic rings. The maximum absolute atomic E-state index is 13.1. The maximum Gasteiger partial charge on any atom is 0.246 e. The van der Waals surface area contributed by atoms with Gasteiger partial charge in [0, 0.05) is 42.1 Å². The van der Waals surface area contributed by atoms with E-state index in [2.05, 4.69) is 4.90 Å². The standard InChI is InChI=1S/C20H20ClN3O3S2/c1-27-18-8-7-16(21)13-19(18)29(25,26)24-11-9-23(10-12-24)20-22-17(14-28-20)15-5-3-2-4-6-15/h2-8,13-14H,9-12H2,1H3. The predicted molar refractivity (Wildman–Crippen MR) is 117 cm³/mol. The SMILES string of the molecule is COc1ccc(Cl)cc1S(=O)(=O)N1CCN(c2nc(-c3ccccc3)cs2)CC1. The fourth-order valence-electron chi connectivity index (χ4n) is 3.26. The Morgan fingerprint density at radius 2 is 1.79 bits per heavy atom. The van der Waals surface area contributed by atoms with E-state index in [0.717, 1.165) is 16.4 Å². The summed E-state index contributed by atoms with van der Waals surface area (Å²) in [4.78, 5) is 6.95. The summed E-state index contributed by atoms with van der Waals surface area (Å²) in [5.41, 5.74) is 2.01. The van der Waals surface area contributed by atoms with Crippen LogP contribution in [-0.4, -0.2) is 51.0 Å². The molecule has 2 aromatic carbocycles. The molecular weight excluding hydrogens is 430 g/mol. The Morgan fingerprint density at radius 1 is 1.07 bits per heavy atom. The first-order valence-electron chi connectivity index (χ1n) is 9.08. The molecular formula is C20H20ClN3O3S2. The number of hydrogen-bond acceptors (Lipinski definition) is 6. The first-order chi connectivity index (χ1) is 14.0. The Labute approximate surface area is 179 Å². The summed E-state index contributed by atoms with van der Waals surface area (Å²) in [6, 6.07) is 14.6. The Morgan fingerprint density at radius 3 is 2.48 bits per heavy atom. The van der Waals surface area contributed by atoms with Gasteiger partial charge in [-0.1, -0.05) is 41.9 Å². The Balaban J connectivity index is 1.49. The second-order valence-electron chi connectivity index (χ2n) is 6.57. The Kier molecular flexibility index (Phi) is 5.78. The number of nitrogens with zero attached hydrogens (tertiary/aromatic N) is 3. The summed E-state index contributed by atoms with van der Waals surface area (Å²) in [5, 5.41) is 3.30. The van der Waals surface area contributed by atoms with Gasteiger partial charge in [0.1, 0.15) is 10.6 Å². The topological polar surface area (TPSA) is 62.7 Å². The highest BCUT2D eigenvalue weighted by Crippen LogP contribution is 2.32. The van der Waals surface area contributed by atoms with Crippen molar-refractivity contribution in [3.63, 3.8) is 0 Å². The molecule has 0 aliphatic carbocycles. The third-order valence-electron chi connectivity index (χ3n) is 4.81. The van der Waals surface area contributed by atoms with E-state index in [1.165, 1.54) is 17.5 Å². The molecule has 1 aromatic heterocycles. The highest BCUT2D eigenvalue weighted by Gasteiger charge is 2.31. The number of rotatable bonds is 5. The minimum atomic E-state index is -3.69. The van der Waals surface area contributed by atoms with Crippen LogP contribution in [0.25, 0.3) is 11.3 Å². The third kappa shape index (κ3) is 4.11. The van der Waals surface area contributed by atoms with Gasteiger partial charge >= 0.3 is 0 Å². The summed E-state index contributed by atoms with van der Waals surface area (Å²) >= 11 is 7.59. The fourth-order valence-corrected chi connectivity index (χ4v) is 5.99. The van der Waals surface area contributed by atoms with E-state index in [1.807, 2.05) is 35.7 Å². The lowest BCUT2D eigenvalue weighted by atomic mass is 10.2. The number of anilines is 1. The van der Waals surface area contributed by atoms with Gasteiger partial charge in [0.05, 0.1) is 12.8 Å². The molecule has 0 spiro atoms. The van der Waals surface area contributed by atoms with Gasteiger partial charge in [-0.25, -0.2) is 13.4 Å². The van der Waals surface area contributed by atoms with Gasteiger partial charge in [0.2, 0.25) is 10.0 Å². The van der Waals surface area contributed by atoms with Crippen LogP contribution in [-0.2, 0) is 10.0 Å². The van der Waals surface area contributed by atoms with Gasteiger partial charge in [0.25, 0.3) is 0 Å². The van der Waals surface area contributed by atoms with Crippen molar-refractivity contribution in [3.05, 3.63) is 58.9 Å². The number of aromatic nitrogens is 1. The van der Waals surface area contributed by atoms with E-state index in [9.17, 15) is 8.42 Å². The van der Waals surface area contributed by atoms with E-state index in [0.29, 0.717) is 37.0 Å². The monoisotopic (exact) mass is 449 g/mol. The van der Waals surface area contributed by atoms with Crippen LogP contribution in [0.1, 0.15) is 0 Å². The van der Waals surface area contributed by atoms with Crippen molar-refractivity contribution in [2.45, 2.75) is 4.90 Å². The Hall–Kier alpha value is -2.13. The van der Waals surface area contributed by atoms with E-state index in [1.54, 1.807) is 23.5 Å². The quantitative estimate of drug-likeness (QED) is 0.589. The summed E-state index contributed by atoms with van der Waals surface area (Å²) in [7, 11) is -2.24. The average molecular weight is 450 g/mol. The number of thiazole rings is 1. The lowest BCUT2D eigenvalue weighted by Crippen LogP contribution is -2.48. The van der Waals surface area contributed by atoms with Crippen molar-refractivity contribution in [1.29, 1.82) is 0 Å². The molecule has 1 saturated heterocycles. The van der Waals surface area contributed by atoms with Crippen LogP contribution in [0.3, 0.4) is 0 Å². The molecule has 0 N–H and O–H groups in total. The molecule has 0 bridgehead atoms. The van der Waals surface area contributed by atoms with E-state index in [4.69, 9.17) is 21.3 Å². The number of halogens is 1. The van der Waals surface area contributed by atoms with Crippen molar-refractivity contribution in [2.24, 2.45) is 0 Å². The molecule has 6 nitrogen and oxygen atoms in total. The average Bonchev–Trinajstić information content (AvgIpc) is 3.25. The molecule has 0 amide bonds. The molecule has 2 heterocycles. The van der Waals surface area contributed by atoms with Crippen LogP contribution in [0.15, 0.2) is 58.8 Å². The van der Waals surface area contributed by atoms with Crippen LogP contribution in [0, 0.1) is 0 Å². The lowest BCUT2D eigenvalue weighted by molar-refractivity contribution is 0.374. The van der Waals surface area contributed by atoms with E-state index >= 15 is 0 Å². The van der Waals surface area contributed by atoms with Crippen molar-refractivity contribution >= 4 is 38.1 Å². The van der Waals surface area contributed by atoms with Crippen molar-refractivity contribution in [1.82, 2.24) is 9.29 Å². The number of sulfonamides is 1. The lowest BCUT2D eigenvalue weighted by Gasteiger charge is -2.34. The van der Waals surface area contributed by atoms with Gasteiger partial charge in [-0.05, 0) is 18.2 Å². The van der Waals surface area contributed by atoms with Gasteiger partial charge in [-0.3, -0.25) is 0 Å². The minimum absolute atomic E-state index is 0.0987. The zero-order valence-corrected chi connectivity index (χ0v) is 18.2. The largest absolute Gasteiger partial charge is 0.495 e. The number of ether oxygens (including phenoxy) is 1. The zero-order valence-electron chi connectivity index (χ0n) is 15.8. The summed E-state index contributed by atoms with van der Waals surface area (Å²) in [6.45, 7) is 1.89. The van der Waals surface area contributed by atoms with Gasteiger partial charge in [-0.2, -0.15) is 4.31 Å². The second-order valence-corrected chi connectivity index (χ2v) is 9.75. The summed E-state index contributed by atoms with van der Waals surface area (Å²) in [6.07, 6.45) is 0. The zero-order chi connectivity index (χ0) is 20.4. The predicted octanol–water partition coefficient (Wildman–Crippen LogP) is 3.98.